The Hall–Kier alpha value is -2.56. The van der Waals surface area contributed by atoms with E-state index in [0.29, 0.717) is 25.7 Å². The topological polar surface area (TPSA) is 45.6 Å². The number of hydrogen-bond donors (Lipinski definition) is 2. The smallest absolute Gasteiger partial charge is 0.191 e. The molecule has 2 N–H and O–H groups in total. The maximum Gasteiger partial charge on any atom is 0.191 e. The van der Waals surface area contributed by atoms with Crippen LogP contribution in [0.4, 0.5) is 4.39 Å². The zero-order valence-electron chi connectivity index (χ0n) is 13.5. The number of halogens is 1. The van der Waals surface area contributed by atoms with Crippen molar-refractivity contribution < 1.29 is 9.13 Å². The van der Waals surface area contributed by atoms with Crippen LogP contribution in [-0.2, 0) is 13.1 Å². The van der Waals surface area contributed by atoms with Gasteiger partial charge >= 0.3 is 0 Å². The van der Waals surface area contributed by atoms with E-state index in [-0.39, 0.29) is 11.6 Å². The summed E-state index contributed by atoms with van der Waals surface area (Å²) in [7, 11) is 1.71. The van der Waals surface area contributed by atoms with Crippen LogP contribution in [0.15, 0.2) is 53.5 Å². The SMILES string of the molecule is CCOc1ccc(CNC(=NC)NCc2ccccc2)cc1F. The Morgan fingerprint density at radius 3 is 2.35 bits per heavy atom. The second-order valence-corrected chi connectivity index (χ2v) is 4.96. The van der Waals surface area contributed by atoms with Crippen molar-refractivity contribution in [2.75, 3.05) is 13.7 Å². The van der Waals surface area contributed by atoms with Crippen LogP contribution in [0, 0.1) is 5.82 Å². The van der Waals surface area contributed by atoms with Crippen molar-refractivity contribution >= 4 is 5.96 Å². The molecule has 0 aromatic heterocycles. The molecule has 2 rings (SSSR count). The van der Waals surface area contributed by atoms with Crippen LogP contribution in [0.1, 0.15) is 18.1 Å². The molecule has 2 aromatic rings. The second kappa shape index (κ2) is 8.78. The Labute approximate surface area is 136 Å². The van der Waals surface area contributed by atoms with Crippen LogP contribution in [-0.4, -0.2) is 19.6 Å². The third-order valence-corrected chi connectivity index (χ3v) is 3.28. The number of aliphatic imine (C=N–C) groups is 1. The molecule has 5 heteroatoms. The van der Waals surface area contributed by atoms with Gasteiger partial charge in [-0.2, -0.15) is 0 Å². The van der Waals surface area contributed by atoms with Crippen molar-refractivity contribution in [2.45, 2.75) is 20.0 Å². The van der Waals surface area contributed by atoms with Crippen molar-refractivity contribution in [3.8, 4) is 5.75 Å². The fourth-order valence-corrected chi connectivity index (χ4v) is 2.11. The van der Waals surface area contributed by atoms with Crippen LogP contribution >= 0.6 is 0 Å². The first-order chi connectivity index (χ1) is 11.2. The average Bonchev–Trinajstić information content (AvgIpc) is 2.58. The van der Waals surface area contributed by atoms with Gasteiger partial charge in [-0.25, -0.2) is 4.39 Å². The normalized spacial score (nSPS) is 11.2. The lowest BCUT2D eigenvalue weighted by Crippen LogP contribution is -2.36. The molecule has 0 heterocycles. The molecule has 0 atom stereocenters. The van der Waals surface area contributed by atoms with Crippen LogP contribution in [0.2, 0.25) is 0 Å². The molecule has 2 aromatic carbocycles. The third-order valence-electron chi connectivity index (χ3n) is 3.28. The standard InChI is InChI=1S/C18H22FN3O/c1-3-23-17-10-9-15(11-16(17)19)13-22-18(20-2)21-12-14-7-5-4-6-8-14/h4-11H,3,12-13H2,1-2H3,(H2,20,21,22). The summed E-state index contributed by atoms with van der Waals surface area (Å²) in [6, 6.07) is 15.0. The van der Waals surface area contributed by atoms with E-state index in [1.807, 2.05) is 43.3 Å². The molecule has 0 spiro atoms. The van der Waals surface area contributed by atoms with Crippen molar-refractivity contribution in [1.82, 2.24) is 10.6 Å². The molecule has 0 radical (unpaired) electrons. The fraction of sp³-hybridized carbons (Fsp3) is 0.278. The number of nitrogens with zero attached hydrogens (tertiary/aromatic N) is 1. The van der Waals surface area contributed by atoms with E-state index in [0.717, 1.165) is 5.56 Å². The monoisotopic (exact) mass is 315 g/mol. The molecule has 4 nitrogen and oxygen atoms in total. The maximum absolute atomic E-state index is 13.8. The van der Waals surface area contributed by atoms with Crippen LogP contribution < -0.4 is 15.4 Å². The van der Waals surface area contributed by atoms with Crippen LogP contribution in [0.25, 0.3) is 0 Å². The van der Waals surface area contributed by atoms with E-state index in [1.54, 1.807) is 13.1 Å². The number of guanidine groups is 1. The highest BCUT2D eigenvalue weighted by Gasteiger charge is 2.05. The number of ether oxygens (including phenoxy) is 1. The van der Waals surface area contributed by atoms with Gasteiger partial charge < -0.3 is 15.4 Å². The molecule has 0 aliphatic heterocycles. The molecule has 0 saturated carbocycles. The number of hydrogen-bond acceptors (Lipinski definition) is 2. The van der Waals surface area contributed by atoms with Gasteiger partial charge in [-0.1, -0.05) is 36.4 Å². The first-order valence-corrected chi connectivity index (χ1v) is 7.62. The van der Waals surface area contributed by atoms with Crippen molar-refractivity contribution in [1.29, 1.82) is 0 Å². The second-order valence-electron chi connectivity index (χ2n) is 4.96. The Morgan fingerprint density at radius 1 is 1.04 bits per heavy atom. The van der Waals surface area contributed by atoms with Crippen molar-refractivity contribution in [3.05, 3.63) is 65.5 Å². The van der Waals surface area contributed by atoms with Gasteiger partial charge in [-0.05, 0) is 30.2 Å². The van der Waals surface area contributed by atoms with Crippen LogP contribution in [0.5, 0.6) is 5.75 Å². The quantitative estimate of drug-likeness (QED) is 0.636. The summed E-state index contributed by atoms with van der Waals surface area (Å²) >= 11 is 0. The van der Waals surface area contributed by atoms with E-state index in [1.165, 1.54) is 11.6 Å². The van der Waals surface area contributed by atoms with Gasteiger partial charge in [-0.3, -0.25) is 4.99 Å². The van der Waals surface area contributed by atoms with Crippen molar-refractivity contribution in [2.24, 2.45) is 4.99 Å². The Kier molecular flexibility index (Phi) is 6.41. The minimum atomic E-state index is -0.349. The minimum Gasteiger partial charge on any atom is -0.491 e. The highest BCUT2D eigenvalue weighted by atomic mass is 19.1. The predicted octanol–water partition coefficient (Wildman–Crippen LogP) is 3.09. The molecule has 0 fully saturated rings. The predicted molar refractivity (Wildman–Crippen MR) is 91.0 cm³/mol. The minimum absolute atomic E-state index is 0.280. The van der Waals surface area contributed by atoms with Crippen LogP contribution in [0.3, 0.4) is 0 Å². The summed E-state index contributed by atoms with van der Waals surface area (Å²) in [5, 5.41) is 6.39. The van der Waals surface area contributed by atoms with Gasteiger partial charge in [0.15, 0.2) is 17.5 Å². The van der Waals surface area contributed by atoms with Gasteiger partial charge in [0.05, 0.1) is 6.61 Å². The molecule has 122 valence electrons. The lowest BCUT2D eigenvalue weighted by Gasteiger charge is -2.12. The molecule has 0 amide bonds. The van der Waals surface area contributed by atoms with E-state index >= 15 is 0 Å². The number of benzene rings is 2. The average molecular weight is 315 g/mol. The fourth-order valence-electron chi connectivity index (χ4n) is 2.11. The lowest BCUT2D eigenvalue weighted by atomic mass is 10.2. The number of nitrogens with one attached hydrogen (secondary N) is 2. The number of rotatable bonds is 6. The highest BCUT2D eigenvalue weighted by Crippen LogP contribution is 2.18. The molecule has 0 bridgehead atoms. The Morgan fingerprint density at radius 2 is 1.74 bits per heavy atom. The first-order valence-electron chi connectivity index (χ1n) is 7.62. The highest BCUT2D eigenvalue weighted by molar-refractivity contribution is 5.79. The largest absolute Gasteiger partial charge is 0.491 e. The Bertz CT molecular complexity index is 644. The van der Waals surface area contributed by atoms with E-state index in [4.69, 9.17) is 4.74 Å². The van der Waals surface area contributed by atoms with Gasteiger partial charge in [0.1, 0.15) is 0 Å². The summed E-state index contributed by atoms with van der Waals surface area (Å²) in [5.74, 6) is 0.601. The van der Waals surface area contributed by atoms with E-state index < -0.39 is 0 Å². The zero-order valence-corrected chi connectivity index (χ0v) is 13.5. The Balaban J connectivity index is 1.87. The van der Waals surface area contributed by atoms with Gasteiger partial charge in [0.2, 0.25) is 0 Å². The molecule has 0 aliphatic rings. The van der Waals surface area contributed by atoms with E-state index in [2.05, 4.69) is 15.6 Å². The van der Waals surface area contributed by atoms with E-state index in [9.17, 15) is 4.39 Å². The summed E-state index contributed by atoms with van der Waals surface area (Å²) in [5.41, 5.74) is 2.00. The molecular formula is C18H22FN3O. The van der Waals surface area contributed by atoms with Crippen molar-refractivity contribution in [3.63, 3.8) is 0 Å². The van der Waals surface area contributed by atoms with Gasteiger partial charge in [0, 0.05) is 20.1 Å². The summed E-state index contributed by atoms with van der Waals surface area (Å²) in [6.07, 6.45) is 0. The molecule has 0 saturated heterocycles. The lowest BCUT2D eigenvalue weighted by molar-refractivity contribution is 0.321. The molecule has 0 unspecified atom stereocenters. The molecule has 0 aliphatic carbocycles. The zero-order chi connectivity index (χ0) is 16.5. The first kappa shape index (κ1) is 16.8. The third kappa shape index (κ3) is 5.29. The summed E-state index contributed by atoms with van der Waals surface area (Å²) < 4.78 is 19.0. The molecular weight excluding hydrogens is 293 g/mol. The molecule has 23 heavy (non-hydrogen) atoms. The summed E-state index contributed by atoms with van der Waals surface area (Å²) in [4.78, 5) is 4.16. The van der Waals surface area contributed by atoms with Gasteiger partial charge in [0.25, 0.3) is 0 Å². The maximum atomic E-state index is 13.8. The summed E-state index contributed by atoms with van der Waals surface area (Å²) in [6.45, 7) is 3.44. The van der Waals surface area contributed by atoms with Gasteiger partial charge in [-0.15, -0.1) is 0 Å².